The summed E-state index contributed by atoms with van der Waals surface area (Å²) in [7, 11) is 2.32. The van der Waals surface area contributed by atoms with Crippen LogP contribution in [0.15, 0.2) is 0 Å². The summed E-state index contributed by atoms with van der Waals surface area (Å²) >= 11 is 0. The van der Waals surface area contributed by atoms with Crippen LogP contribution < -0.4 is 5.32 Å². The van der Waals surface area contributed by atoms with Crippen molar-refractivity contribution in [2.75, 3.05) is 20.1 Å². The van der Waals surface area contributed by atoms with E-state index in [4.69, 9.17) is 0 Å². The van der Waals surface area contributed by atoms with E-state index in [2.05, 4.69) is 58.8 Å². The monoisotopic (exact) mass is 268 g/mol. The van der Waals surface area contributed by atoms with Crippen molar-refractivity contribution in [3.63, 3.8) is 0 Å². The van der Waals surface area contributed by atoms with Gasteiger partial charge in [-0.15, -0.1) is 0 Å². The summed E-state index contributed by atoms with van der Waals surface area (Å²) in [5.41, 5.74) is 0.557. The summed E-state index contributed by atoms with van der Waals surface area (Å²) in [4.78, 5) is 2.61. The van der Waals surface area contributed by atoms with Gasteiger partial charge in [0, 0.05) is 24.7 Å². The second-order valence-corrected chi connectivity index (χ2v) is 8.60. The molecule has 2 nitrogen and oxygen atoms in total. The van der Waals surface area contributed by atoms with Gasteiger partial charge in [-0.3, -0.25) is 0 Å². The van der Waals surface area contributed by atoms with Gasteiger partial charge in [-0.2, -0.15) is 0 Å². The van der Waals surface area contributed by atoms with E-state index in [0.717, 1.165) is 18.5 Å². The highest BCUT2D eigenvalue weighted by molar-refractivity contribution is 4.84. The molecule has 0 aliphatic heterocycles. The SMILES string of the molecule is CC1CCC(N(C)CC(C)(C)CNC(C)(C)C)CC1. The maximum Gasteiger partial charge on any atom is 0.00967 e. The maximum absolute atomic E-state index is 3.65. The van der Waals surface area contributed by atoms with Gasteiger partial charge >= 0.3 is 0 Å². The van der Waals surface area contributed by atoms with Crippen LogP contribution in [0.1, 0.15) is 67.2 Å². The molecule has 1 aliphatic rings. The van der Waals surface area contributed by atoms with E-state index in [1.54, 1.807) is 0 Å². The first-order chi connectivity index (χ1) is 8.59. The fraction of sp³-hybridized carbons (Fsp3) is 1.00. The average molecular weight is 268 g/mol. The van der Waals surface area contributed by atoms with Gasteiger partial charge in [0.2, 0.25) is 0 Å². The lowest BCUT2D eigenvalue weighted by molar-refractivity contribution is 0.116. The van der Waals surface area contributed by atoms with E-state index in [1.165, 1.54) is 32.2 Å². The molecule has 0 atom stereocenters. The van der Waals surface area contributed by atoms with Gasteiger partial charge in [-0.25, -0.2) is 0 Å². The molecule has 1 saturated carbocycles. The molecule has 0 saturated heterocycles. The predicted molar refractivity (Wildman–Crippen MR) is 85.6 cm³/mol. The van der Waals surface area contributed by atoms with Crippen LogP contribution in [0.5, 0.6) is 0 Å². The molecule has 1 rings (SSSR count). The minimum atomic E-state index is 0.218. The molecule has 1 fully saturated rings. The Hall–Kier alpha value is -0.0800. The van der Waals surface area contributed by atoms with Gasteiger partial charge in [0.15, 0.2) is 0 Å². The van der Waals surface area contributed by atoms with Gasteiger partial charge in [0.25, 0.3) is 0 Å². The second-order valence-electron chi connectivity index (χ2n) is 8.60. The Morgan fingerprint density at radius 3 is 2.00 bits per heavy atom. The molecule has 1 N–H and O–H groups in total. The van der Waals surface area contributed by atoms with Crippen molar-refractivity contribution in [2.45, 2.75) is 78.8 Å². The van der Waals surface area contributed by atoms with Crippen molar-refractivity contribution in [2.24, 2.45) is 11.3 Å². The molecule has 0 heterocycles. The first-order valence-corrected chi connectivity index (χ1v) is 8.04. The van der Waals surface area contributed by atoms with Gasteiger partial charge in [0.1, 0.15) is 0 Å². The Bertz CT molecular complexity index is 257. The summed E-state index contributed by atoms with van der Waals surface area (Å²) in [6.45, 7) is 16.2. The molecular weight excluding hydrogens is 232 g/mol. The van der Waals surface area contributed by atoms with Gasteiger partial charge in [-0.05, 0) is 64.8 Å². The van der Waals surface area contributed by atoms with Crippen LogP contribution in [0.2, 0.25) is 0 Å². The first kappa shape index (κ1) is 17.0. The third-order valence-electron chi connectivity index (χ3n) is 4.38. The lowest BCUT2D eigenvalue weighted by Gasteiger charge is -2.39. The first-order valence-electron chi connectivity index (χ1n) is 8.04. The normalized spacial score (nSPS) is 25.9. The molecule has 0 unspecified atom stereocenters. The zero-order valence-corrected chi connectivity index (χ0v) is 14.3. The highest BCUT2D eigenvalue weighted by Gasteiger charge is 2.27. The Morgan fingerprint density at radius 2 is 1.53 bits per heavy atom. The summed E-state index contributed by atoms with van der Waals surface area (Å²) in [6.07, 6.45) is 5.60. The minimum absolute atomic E-state index is 0.218. The van der Waals surface area contributed by atoms with E-state index in [0.29, 0.717) is 5.41 Å². The molecule has 2 heteroatoms. The Balaban J connectivity index is 2.39. The highest BCUT2D eigenvalue weighted by atomic mass is 15.1. The Morgan fingerprint density at radius 1 is 1.00 bits per heavy atom. The Kier molecular flexibility index (Phi) is 5.88. The minimum Gasteiger partial charge on any atom is -0.311 e. The van der Waals surface area contributed by atoms with Crippen LogP contribution in [0.4, 0.5) is 0 Å². The Labute approximate surface area is 121 Å². The van der Waals surface area contributed by atoms with Crippen molar-refractivity contribution >= 4 is 0 Å². The molecule has 1 aliphatic carbocycles. The highest BCUT2D eigenvalue weighted by Crippen LogP contribution is 2.28. The third kappa shape index (κ3) is 6.76. The van der Waals surface area contributed by atoms with Gasteiger partial charge in [0.05, 0.1) is 0 Å². The summed E-state index contributed by atoms with van der Waals surface area (Å²) in [6, 6.07) is 0.810. The number of rotatable bonds is 5. The molecule has 0 amide bonds. The van der Waals surface area contributed by atoms with Crippen LogP contribution in [0.25, 0.3) is 0 Å². The van der Waals surface area contributed by atoms with Crippen LogP contribution in [-0.2, 0) is 0 Å². The van der Waals surface area contributed by atoms with Crippen LogP contribution in [0, 0.1) is 11.3 Å². The largest absolute Gasteiger partial charge is 0.311 e. The molecule has 0 aromatic rings. The topological polar surface area (TPSA) is 15.3 Å². The van der Waals surface area contributed by atoms with E-state index in [9.17, 15) is 0 Å². The van der Waals surface area contributed by atoms with Crippen LogP contribution in [0.3, 0.4) is 0 Å². The van der Waals surface area contributed by atoms with Crippen molar-refractivity contribution in [1.29, 1.82) is 0 Å². The average Bonchev–Trinajstić information content (AvgIpc) is 2.26. The van der Waals surface area contributed by atoms with E-state index < -0.39 is 0 Å². The molecule has 0 radical (unpaired) electrons. The zero-order chi connectivity index (χ0) is 14.7. The molecular formula is C17H36N2. The van der Waals surface area contributed by atoms with Crippen molar-refractivity contribution in [3.05, 3.63) is 0 Å². The fourth-order valence-corrected chi connectivity index (χ4v) is 3.05. The number of hydrogen-bond acceptors (Lipinski definition) is 2. The molecule has 19 heavy (non-hydrogen) atoms. The molecule has 0 aromatic heterocycles. The second kappa shape index (κ2) is 6.58. The molecule has 0 bridgehead atoms. The molecule has 0 aromatic carbocycles. The molecule has 0 spiro atoms. The van der Waals surface area contributed by atoms with Crippen molar-refractivity contribution in [3.8, 4) is 0 Å². The summed E-state index contributed by atoms with van der Waals surface area (Å²) in [5.74, 6) is 0.945. The van der Waals surface area contributed by atoms with Crippen LogP contribution in [-0.4, -0.2) is 36.6 Å². The number of nitrogens with zero attached hydrogens (tertiary/aromatic N) is 1. The van der Waals surface area contributed by atoms with Crippen LogP contribution >= 0.6 is 0 Å². The fourth-order valence-electron chi connectivity index (χ4n) is 3.05. The lowest BCUT2D eigenvalue weighted by Crippen LogP contribution is -2.47. The maximum atomic E-state index is 3.65. The van der Waals surface area contributed by atoms with E-state index in [-0.39, 0.29) is 5.54 Å². The number of nitrogens with one attached hydrogen (secondary N) is 1. The number of hydrogen-bond donors (Lipinski definition) is 1. The van der Waals surface area contributed by atoms with Gasteiger partial charge in [-0.1, -0.05) is 20.8 Å². The quantitative estimate of drug-likeness (QED) is 0.813. The predicted octanol–water partition coefficient (Wildman–Crippen LogP) is 3.91. The van der Waals surface area contributed by atoms with E-state index in [1.807, 2.05) is 0 Å². The van der Waals surface area contributed by atoms with E-state index >= 15 is 0 Å². The van der Waals surface area contributed by atoms with Crippen molar-refractivity contribution < 1.29 is 0 Å². The molecule has 114 valence electrons. The third-order valence-corrected chi connectivity index (χ3v) is 4.38. The van der Waals surface area contributed by atoms with Crippen molar-refractivity contribution in [1.82, 2.24) is 10.2 Å². The smallest absolute Gasteiger partial charge is 0.00967 e. The summed E-state index contributed by atoms with van der Waals surface area (Å²) < 4.78 is 0. The van der Waals surface area contributed by atoms with Gasteiger partial charge < -0.3 is 10.2 Å². The zero-order valence-electron chi connectivity index (χ0n) is 14.3. The standard InChI is InChI=1S/C17H36N2/c1-14-8-10-15(11-9-14)19(7)13-17(5,6)12-18-16(2,3)4/h14-15,18H,8-13H2,1-7H3. The lowest BCUT2D eigenvalue weighted by atomic mass is 9.85. The summed E-state index contributed by atoms with van der Waals surface area (Å²) in [5, 5.41) is 3.65.